The van der Waals surface area contributed by atoms with Crippen LogP contribution >= 0.6 is 0 Å². The quantitative estimate of drug-likeness (QED) is 0.497. The Bertz CT molecular complexity index is 190. The van der Waals surface area contributed by atoms with Crippen molar-refractivity contribution < 1.29 is 19.5 Å². The number of carbonyl (C=O) groups excluding carboxylic acids is 3. The first-order chi connectivity index (χ1) is 5.57. The lowest BCUT2D eigenvalue weighted by molar-refractivity contribution is -0.308. The first kappa shape index (κ1) is 10.6. The van der Waals surface area contributed by atoms with Crippen LogP contribution in [0.3, 0.4) is 0 Å². The molecule has 0 radical (unpaired) electrons. The summed E-state index contributed by atoms with van der Waals surface area (Å²) in [7, 11) is 0. The highest BCUT2D eigenvalue weighted by atomic mass is 16.4. The summed E-state index contributed by atoms with van der Waals surface area (Å²) in [5, 5.41) is 12.5. The van der Waals surface area contributed by atoms with Gasteiger partial charge in [0.05, 0.1) is 12.0 Å². The predicted molar refractivity (Wildman–Crippen MR) is 37.9 cm³/mol. The number of amides is 1. The van der Waals surface area contributed by atoms with Crippen molar-refractivity contribution in [3.8, 4) is 0 Å². The van der Waals surface area contributed by atoms with Gasteiger partial charge in [-0.25, -0.2) is 0 Å². The van der Waals surface area contributed by atoms with Gasteiger partial charge in [-0.2, -0.15) is 0 Å². The molecule has 5 nitrogen and oxygen atoms in total. The molecule has 0 saturated carbocycles. The lowest BCUT2D eigenvalue weighted by atomic mass is 10.1. The molecule has 68 valence electrons. The Morgan fingerprint density at radius 1 is 1.58 bits per heavy atom. The van der Waals surface area contributed by atoms with Crippen LogP contribution in [0.2, 0.25) is 0 Å². The lowest BCUT2D eigenvalue weighted by Crippen LogP contribution is -2.47. The Hall–Kier alpha value is -1.39. The van der Waals surface area contributed by atoms with Crippen LogP contribution in [0.5, 0.6) is 0 Å². The Morgan fingerprint density at radius 3 is 2.50 bits per heavy atom. The van der Waals surface area contributed by atoms with Gasteiger partial charge in [0.2, 0.25) is 5.91 Å². The number of carbonyl (C=O) groups is 3. The molecule has 0 aliphatic carbocycles. The highest BCUT2D eigenvalue weighted by Crippen LogP contribution is 1.93. The number of rotatable bonds is 5. The number of hydrogen-bond donors (Lipinski definition) is 1. The molecule has 0 bridgehead atoms. The SMILES string of the molecule is CC(=O)N[C@@H](CCC=O)C(=O)[O-]. The standard InChI is InChI=1S/C7H11NO4/c1-5(10)8-6(7(11)12)3-2-4-9/h4,6H,2-3H2,1H3,(H,8,10)(H,11,12)/p-1/t6-/m0/s1. The van der Waals surface area contributed by atoms with E-state index in [1.165, 1.54) is 6.92 Å². The molecule has 0 saturated heterocycles. The maximum Gasteiger partial charge on any atom is 0.217 e. The molecule has 0 heterocycles. The van der Waals surface area contributed by atoms with Crippen molar-refractivity contribution in [2.75, 3.05) is 0 Å². The number of hydrogen-bond acceptors (Lipinski definition) is 4. The molecule has 0 aromatic rings. The van der Waals surface area contributed by atoms with Crippen molar-refractivity contribution in [3.63, 3.8) is 0 Å². The summed E-state index contributed by atoms with van der Waals surface area (Å²) in [6.45, 7) is 1.21. The zero-order chi connectivity index (χ0) is 9.56. The molecule has 1 N–H and O–H groups in total. The fourth-order valence-electron chi connectivity index (χ4n) is 0.729. The summed E-state index contributed by atoms with van der Waals surface area (Å²) in [6, 6.07) is -1.06. The molecule has 1 amide bonds. The van der Waals surface area contributed by atoms with E-state index in [-0.39, 0.29) is 12.8 Å². The van der Waals surface area contributed by atoms with Gasteiger partial charge in [-0.15, -0.1) is 0 Å². The van der Waals surface area contributed by atoms with E-state index in [4.69, 9.17) is 0 Å². The molecule has 12 heavy (non-hydrogen) atoms. The van der Waals surface area contributed by atoms with E-state index in [0.29, 0.717) is 6.29 Å². The van der Waals surface area contributed by atoms with Crippen molar-refractivity contribution in [2.45, 2.75) is 25.8 Å². The van der Waals surface area contributed by atoms with Crippen molar-refractivity contribution in [2.24, 2.45) is 0 Å². The highest BCUT2D eigenvalue weighted by molar-refractivity contribution is 5.81. The van der Waals surface area contributed by atoms with Gasteiger partial charge in [-0.1, -0.05) is 0 Å². The molecule has 0 spiro atoms. The summed E-state index contributed by atoms with van der Waals surface area (Å²) in [4.78, 5) is 30.6. The van der Waals surface area contributed by atoms with Gasteiger partial charge in [0.1, 0.15) is 6.29 Å². The van der Waals surface area contributed by atoms with Crippen molar-refractivity contribution >= 4 is 18.2 Å². The summed E-state index contributed by atoms with van der Waals surface area (Å²) in [5.74, 6) is -1.82. The average Bonchev–Trinajstić information content (AvgIpc) is 1.96. The van der Waals surface area contributed by atoms with E-state index in [1.807, 2.05) is 0 Å². The second-order valence-corrected chi connectivity index (χ2v) is 2.32. The molecule has 0 aromatic heterocycles. The van der Waals surface area contributed by atoms with Gasteiger partial charge in [0.25, 0.3) is 0 Å². The number of nitrogens with one attached hydrogen (secondary N) is 1. The third kappa shape index (κ3) is 4.43. The van der Waals surface area contributed by atoms with E-state index >= 15 is 0 Å². The van der Waals surface area contributed by atoms with Crippen LogP contribution in [0, 0.1) is 0 Å². The van der Waals surface area contributed by atoms with Crippen LogP contribution in [-0.2, 0) is 14.4 Å². The molecule has 0 aromatic carbocycles. The summed E-state index contributed by atoms with van der Waals surface area (Å²) < 4.78 is 0. The number of carboxylic acids is 1. The number of aliphatic carboxylic acids is 1. The largest absolute Gasteiger partial charge is 0.548 e. The Labute approximate surface area is 69.8 Å². The predicted octanol–water partition coefficient (Wildman–Crippen LogP) is -1.78. The van der Waals surface area contributed by atoms with Crippen LogP contribution in [-0.4, -0.2) is 24.2 Å². The van der Waals surface area contributed by atoms with E-state index < -0.39 is 17.9 Å². The average molecular weight is 172 g/mol. The summed E-state index contributed by atoms with van der Waals surface area (Å²) in [5.41, 5.74) is 0. The zero-order valence-corrected chi connectivity index (χ0v) is 6.70. The monoisotopic (exact) mass is 172 g/mol. The first-order valence-electron chi connectivity index (χ1n) is 3.49. The van der Waals surface area contributed by atoms with Crippen LogP contribution in [0.1, 0.15) is 19.8 Å². The van der Waals surface area contributed by atoms with Gasteiger partial charge in [0.15, 0.2) is 0 Å². The van der Waals surface area contributed by atoms with E-state index in [1.54, 1.807) is 0 Å². The minimum atomic E-state index is -1.37. The molecular weight excluding hydrogens is 162 g/mol. The topological polar surface area (TPSA) is 86.3 Å². The smallest absolute Gasteiger partial charge is 0.217 e. The van der Waals surface area contributed by atoms with Gasteiger partial charge in [-0.05, 0) is 6.42 Å². The van der Waals surface area contributed by atoms with E-state index in [2.05, 4.69) is 5.32 Å². The van der Waals surface area contributed by atoms with Crippen LogP contribution < -0.4 is 10.4 Å². The fourth-order valence-corrected chi connectivity index (χ4v) is 0.729. The normalized spacial score (nSPS) is 11.8. The van der Waals surface area contributed by atoms with Gasteiger partial charge in [0, 0.05) is 13.3 Å². The Morgan fingerprint density at radius 2 is 2.17 bits per heavy atom. The lowest BCUT2D eigenvalue weighted by Gasteiger charge is -2.17. The van der Waals surface area contributed by atoms with Crippen LogP contribution in [0.25, 0.3) is 0 Å². The van der Waals surface area contributed by atoms with Crippen LogP contribution in [0.15, 0.2) is 0 Å². The van der Waals surface area contributed by atoms with Crippen molar-refractivity contribution in [1.82, 2.24) is 5.32 Å². The third-order valence-corrected chi connectivity index (χ3v) is 1.24. The zero-order valence-electron chi connectivity index (χ0n) is 6.70. The fraction of sp³-hybridized carbons (Fsp3) is 0.571. The van der Waals surface area contributed by atoms with Crippen molar-refractivity contribution in [1.29, 1.82) is 0 Å². The second kappa shape index (κ2) is 5.29. The van der Waals surface area contributed by atoms with Crippen molar-refractivity contribution in [3.05, 3.63) is 0 Å². The Kier molecular flexibility index (Phi) is 4.67. The highest BCUT2D eigenvalue weighted by Gasteiger charge is 2.09. The molecule has 0 rings (SSSR count). The number of carboxylic acid groups (broad SMARTS) is 1. The summed E-state index contributed by atoms with van der Waals surface area (Å²) in [6.07, 6.45) is 0.766. The third-order valence-electron chi connectivity index (χ3n) is 1.24. The molecule has 0 unspecified atom stereocenters. The molecule has 0 aliphatic heterocycles. The maximum absolute atomic E-state index is 10.4. The van der Waals surface area contributed by atoms with Gasteiger partial charge in [-0.3, -0.25) is 4.79 Å². The van der Waals surface area contributed by atoms with Gasteiger partial charge >= 0.3 is 0 Å². The Balaban J connectivity index is 3.94. The minimum Gasteiger partial charge on any atom is -0.548 e. The van der Waals surface area contributed by atoms with Gasteiger partial charge < -0.3 is 20.0 Å². The minimum absolute atomic E-state index is 0.0748. The molecule has 1 atom stereocenters. The summed E-state index contributed by atoms with van der Waals surface area (Å²) >= 11 is 0. The molecular formula is C7H10NO4-. The second-order valence-electron chi connectivity index (χ2n) is 2.32. The number of aldehydes is 1. The molecule has 0 fully saturated rings. The molecule has 0 aliphatic rings. The van der Waals surface area contributed by atoms with E-state index in [0.717, 1.165) is 0 Å². The molecule has 5 heteroatoms. The van der Waals surface area contributed by atoms with E-state index in [9.17, 15) is 19.5 Å². The van der Waals surface area contributed by atoms with Crippen LogP contribution in [0.4, 0.5) is 0 Å². The maximum atomic E-state index is 10.4. The first-order valence-corrected chi connectivity index (χ1v) is 3.49.